The highest BCUT2D eigenvalue weighted by molar-refractivity contribution is 5.64. The zero-order valence-corrected chi connectivity index (χ0v) is 20.6. The van der Waals surface area contributed by atoms with Crippen molar-refractivity contribution < 1.29 is 13.5 Å². The molecular weight excluding hydrogens is 476 g/mol. The van der Waals surface area contributed by atoms with Gasteiger partial charge in [-0.3, -0.25) is 0 Å². The van der Waals surface area contributed by atoms with E-state index in [0.717, 1.165) is 47.4 Å². The van der Waals surface area contributed by atoms with Crippen LogP contribution in [0.25, 0.3) is 5.69 Å². The Bertz CT molecular complexity index is 1470. The van der Waals surface area contributed by atoms with Gasteiger partial charge in [-0.05, 0) is 63.3 Å². The zero-order chi connectivity index (χ0) is 25.5. The average Bonchev–Trinajstić information content (AvgIpc) is 3.48. The van der Waals surface area contributed by atoms with Crippen LogP contribution in [0.4, 0.5) is 26.2 Å². The van der Waals surface area contributed by atoms with Gasteiger partial charge in [-0.25, -0.2) is 23.4 Å². The highest BCUT2D eigenvalue weighted by Gasteiger charge is 2.32. The van der Waals surface area contributed by atoms with Crippen molar-refractivity contribution in [3.63, 3.8) is 0 Å². The highest BCUT2D eigenvalue weighted by atomic mass is 19.1. The van der Waals surface area contributed by atoms with Crippen LogP contribution >= 0.6 is 0 Å². The SMILES string of the molecule is Cc1ncn(-c2ccc3cc2OCCCC(C)Nc2nc(nc4c2CCC4c2ccc(F)cc2F)N3)n1. The van der Waals surface area contributed by atoms with E-state index in [1.807, 2.05) is 25.1 Å². The molecule has 1 aliphatic carbocycles. The first kappa shape index (κ1) is 23.3. The number of hydrogen-bond donors (Lipinski definition) is 2. The fraction of sp³-hybridized carbons (Fsp3) is 0.333. The molecule has 0 saturated heterocycles. The van der Waals surface area contributed by atoms with Crippen LogP contribution < -0.4 is 15.4 Å². The predicted octanol–water partition coefficient (Wildman–Crippen LogP) is 5.44. The third kappa shape index (κ3) is 4.59. The summed E-state index contributed by atoms with van der Waals surface area (Å²) in [5, 5.41) is 11.3. The fourth-order valence-electron chi connectivity index (χ4n) is 5.09. The minimum Gasteiger partial charge on any atom is -0.491 e. The van der Waals surface area contributed by atoms with Gasteiger partial charge in [0, 0.05) is 35.3 Å². The molecule has 4 aromatic rings. The first-order valence-corrected chi connectivity index (χ1v) is 12.5. The lowest BCUT2D eigenvalue weighted by Gasteiger charge is -2.19. The van der Waals surface area contributed by atoms with Crippen molar-refractivity contribution in [3.05, 3.63) is 77.0 Å². The number of nitrogens with zero attached hydrogens (tertiary/aromatic N) is 5. The van der Waals surface area contributed by atoms with E-state index in [1.165, 1.54) is 12.1 Å². The summed E-state index contributed by atoms with van der Waals surface area (Å²) >= 11 is 0. The van der Waals surface area contributed by atoms with E-state index in [4.69, 9.17) is 14.7 Å². The summed E-state index contributed by atoms with van der Waals surface area (Å²) in [7, 11) is 0. The summed E-state index contributed by atoms with van der Waals surface area (Å²) in [5.41, 5.74) is 3.73. The summed E-state index contributed by atoms with van der Waals surface area (Å²) in [5.74, 6) is 1.07. The quantitative estimate of drug-likeness (QED) is 0.377. The van der Waals surface area contributed by atoms with Gasteiger partial charge in [-0.2, -0.15) is 10.1 Å². The Labute approximate surface area is 213 Å². The number of aromatic nitrogens is 5. The first-order valence-electron chi connectivity index (χ1n) is 12.5. The van der Waals surface area contributed by atoms with Crippen LogP contribution in [-0.2, 0) is 6.42 Å². The normalized spacial score (nSPS) is 18.9. The molecule has 2 atom stereocenters. The Morgan fingerprint density at radius 2 is 1.97 bits per heavy atom. The van der Waals surface area contributed by atoms with Crippen LogP contribution in [0.3, 0.4) is 0 Å². The molecule has 0 fully saturated rings. The molecule has 1 aliphatic heterocycles. The second-order valence-electron chi connectivity index (χ2n) is 9.60. The van der Waals surface area contributed by atoms with Gasteiger partial charge in [-0.15, -0.1) is 0 Å². The lowest BCUT2D eigenvalue weighted by atomic mass is 9.96. The van der Waals surface area contributed by atoms with Crippen molar-refractivity contribution in [1.29, 1.82) is 0 Å². The summed E-state index contributed by atoms with van der Waals surface area (Å²) in [6.45, 7) is 4.49. The smallest absolute Gasteiger partial charge is 0.229 e. The molecule has 2 aromatic heterocycles. The zero-order valence-electron chi connectivity index (χ0n) is 20.6. The molecule has 2 aromatic carbocycles. The molecule has 2 aliphatic rings. The van der Waals surface area contributed by atoms with Crippen LogP contribution in [0.15, 0.2) is 42.7 Å². The number of benzene rings is 2. The molecule has 0 saturated carbocycles. The summed E-state index contributed by atoms with van der Waals surface area (Å²) in [6.07, 6.45) is 4.77. The van der Waals surface area contributed by atoms with Gasteiger partial charge in [0.1, 0.15) is 41.0 Å². The molecule has 10 heteroatoms. The molecule has 2 N–H and O–H groups in total. The number of aryl methyl sites for hydroxylation is 1. The lowest BCUT2D eigenvalue weighted by Crippen LogP contribution is -2.19. The summed E-state index contributed by atoms with van der Waals surface area (Å²) < 4.78 is 36.2. The van der Waals surface area contributed by atoms with Crippen LogP contribution in [0, 0.1) is 18.6 Å². The number of halogens is 2. The van der Waals surface area contributed by atoms with Crippen molar-refractivity contribution >= 4 is 17.5 Å². The molecule has 8 nitrogen and oxygen atoms in total. The number of hydrogen-bond acceptors (Lipinski definition) is 7. The van der Waals surface area contributed by atoms with Gasteiger partial charge < -0.3 is 15.4 Å². The molecule has 2 unspecified atom stereocenters. The predicted molar refractivity (Wildman–Crippen MR) is 136 cm³/mol. The maximum atomic E-state index is 14.7. The van der Waals surface area contributed by atoms with Gasteiger partial charge >= 0.3 is 0 Å². The molecule has 4 bridgehead atoms. The van der Waals surface area contributed by atoms with Crippen molar-refractivity contribution in [1.82, 2.24) is 24.7 Å². The average molecular weight is 504 g/mol. The topological polar surface area (TPSA) is 89.8 Å². The molecule has 190 valence electrons. The molecule has 0 amide bonds. The third-order valence-electron chi connectivity index (χ3n) is 6.88. The van der Waals surface area contributed by atoms with Gasteiger partial charge in [0.05, 0.1) is 12.3 Å². The van der Waals surface area contributed by atoms with Crippen LogP contribution in [0.2, 0.25) is 0 Å². The van der Waals surface area contributed by atoms with Crippen LogP contribution in [-0.4, -0.2) is 37.4 Å². The van der Waals surface area contributed by atoms with Gasteiger partial charge in [0.15, 0.2) is 0 Å². The molecule has 0 radical (unpaired) electrons. The van der Waals surface area contributed by atoms with Gasteiger partial charge in [0.2, 0.25) is 5.95 Å². The van der Waals surface area contributed by atoms with Gasteiger partial charge in [-0.1, -0.05) is 6.07 Å². The van der Waals surface area contributed by atoms with E-state index in [1.54, 1.807) is 11.0 Å². The minimum absolute atomic E-state index is 0.137. The Morgan fingerprint density at radius 3 is 2.78 bits per heavy atom. The van der Waals surface area contributed by atoms with E-state index in [-0.39, 0.29) is 12.0 Å². The largest absolute Gasteiger partial charge is 0.491 e. The Hall–Kier alpha value is -4.08. The fourth-order valence-corrected chi connectivity index (χ4v) is 5.09. The number of ether oxygens (including phenoxy) is 1. The second-order valence-corrected chi connectivity index (χ2v) is 9.60. The Kier molecular flexibility index (Phi) is 5.94. The third-order valence-corrected chi connectivity index (χ3v) is 6.88. The van der Waals surface area contributed by atoms with Gasteiger partial charge in [0.25, 0.3) is 0 Å². The standard InChI is InChI=1S/C27H27F2N7O/c1-15-4-3-11-37-24-13-18(6-10-23(24)36-14-30-16(2)35-36)32-27-33-25-20(8-9-21(25)26(31-15)34-27)19-7-5-17(28)12-22(19)29/h5-7,10,12-15,20H,3-4,8-9,11H2,1-2H3,(H2,31,32,33,34). The van der Waals surface area contributed by atoms with Crippen LogP contribution in [0.5, 0.6) is 5.75 Å². The monoisotopic (exact) mass is 503 g/mol. The van der Waals surface area contributed by atoms with E-state index >= 15 is 0 Å². The first-order chi connectivity index (χ1) is 17.9. The number of rotatable bonds is 2. The Morgan fingerprint density at radius 1 is 1.08 bits per heavy atom. The lowest BCUT2D eigenvalue weighted by molar-refractivity contribution is 0.303. The van der Waals surface area contributed by atoms with Crippen molar-refractivity contribution in [2.45, 2.75) is 51.5 Å². The molecular formula is C27H27F2N7O. The van der Waals surface area contributed by atoms with Crippen LogP contribution in [0.1, 0.15) is 54.7 Å². The minimum atomic E-state index is -0.589. The Balaban J connectivity index is 1.42. The van der Waals surface area contributed by atoms with Crippen molar-refractivity contribution in [2.24, 2.45) is 0 Å². The maximum absolute atomic E-state index is 14.7. The van der Waals surface area contributed by atoms with E-state index in [9.17, 15) is 8.78 Å². The maximum Gasteiger partial charge on any atom is 0.229 e. The van der Waals surface area contributed by atoms with Crippen molar-refractivity contribution in [3.8, 4) is 11.4 Å². The number of anilines is 3. The molecule has 37 heavy (non-hydrogen) atoms. The second kappa shape index (κ2) is 9.42. The summed E-state index contributed by atoms with van der Waals surface area (Å²) in [4.78, 5) is 13.9. The summed E-state index contributed by atoms with van der Waals surface area (Å²) in [6, 6.07) is 9.61. The molecule has 6 rings (SSSR count). The van der Waals surface area contributed by atoms with E-state index in [0.29, 0.717) is 42.5 Å². The van der Waals surface area contributed by atoms with E-state index in [2.05, 4.69) is 27.6 Å². The van der Waals surface area contributed by atoms with E-state index < -0.39 is 11.6 Å². The highest BCUT2D eigenvalue weighted by Crippen LogP contribution is 2.42. The molecule has 3 heterocycles. The number of nitrogens with one attached hydrogen (secondary N) is 2. The number of fused-ring (bicyclic) bond motifs is 6. The van der Waals surface area contributed by atoms with Crippen molar-refractivity contribution in [2.75, 3.05) is 17.2 Å². The molecule has 0 spiro atoms.